The molecule has 0 aliphatic heterocycles. The number of rotatable bonds is 8. The normalized spacial score (nSPS) is 11.6. The largest absolute Gasteiger partial charge is 0.493 e. The number of ether oxygens (including phenoxy) is 3. The molecule has 2 N–H and O–H groups in total. The molecule has 0 fully saturated rings. The van der Waals surface area contributed by atoms with Crippen LogP contribution in [-0.2, 0) is 6.42 Å². The van der Waals surface area contributed by atoms with Gasteiger partial charge < -0.3 is 29.1 Å². The zero-order valence-corrected chi connectivity index (χ0v) is 15.9. The lowest BCUT2D eigenvalue weighted by Gasteiger charge is -2.18. The molecule has 1 atom stereocenters. The Morgan fingerprint density at radius 3 is 2.11 bits per heavy atom. The van der Waals surface area contributed by atoms with Crippen LogP contribution >= 0.6 is 0 Å². The summed E-state index contributed by atoms with van der Waals surface area (Å²) in [6.07, 6.45) is 0.372. The molecule has 0 saturated heterocycles. The standard InChI is InChI=1S/C19H23NO7/c1-6-13-12(19(22)23)9-16(27-13)18(21)20-10(2)11-7-14(24-3)17(26-5)15(8-11)25-4/h7-10H,6H2,1-5H3,(H,20,21)(H,22,23). The van der Waals surface area contributed by atoms with Gasteiger partial charge in [0.2, 0.25) is 5.75 Å². The number of carboxylic acid groups (broad SMARTS) is 1. The molecule has 0 saturated carbocycles. The average Bonchev–Trinajstić information content (AvgIpc) is 3.11. The van der Waals surface area contributed by atoms with Crippen molar-refractivity contribution in [3.8, 4) is 17.2 Å². The summed E-state index contributed by atoms with van der Waals surface area (Å²) in [6, 6.07) is 4.27. The second kappa shape index (κ2) is 8.48. The summed E-state index contributed by atoms with van der Waals surface area (Å²) in [5, 5.41) is 12.0. The molecule has 1 amide bonds. The number of hydrogen-bond acceptors (Lipinski definition) is 6. The van der Waals surface area contributed by atoms with Gasteiger partial charge in [0.05, 0.1) is 27.4 Å². The maximum Gasteiger partial charge on any atom is 0.339 e. The van der Waals surface area contributed by atoms with Crippen molar-refractivity contribution in [3.63, 3.8) is 0 Å². The lowest BCUT2D eigenvalue weighted by molar-refractivity contribution is 0.0694. The van der Waals surface area contributed by atoms with E-state index in [9.17, 15) is 14.7 Å². The zero-order valence-electron chi connectivity index (χ0n) is 15.9. The topological polar surface area (TPSA) is 107 Å². The number of aromatic carboxylic acids is 1. The summed E-state index contributed by atoms with van der Waals surface area (Å²) in [7, 11) is 4.52. The van der Waals surface area contributed by atoms with Gasteiger partial charge >= 0.3 is 5.97 Å². The SMILES string of the molecule is CCc1oc(C(=O)NC(C)c2cc(OC)c(OC)c(OC)c2)cc1C(=O)O. The Balaban J connectivity index is 2.28. The van der Waals surface area contributed by atoms with Gasteiger partial charge in [0.15, 0.2) is 17.3 Å². The minimum absolute atomic E-state index is 0.0110. The number of carbonyl (C=O) groups is 2. The van der Waals surface area contributed by atoms with Crippen molar-refractivity contribution in [1.29, 1.82) is 0 Å². The predicted molar refractivity (Wildman–Crippen MR) is 97.0 cm³/mol. The lowest BCUT2D eigenvalue weighted by Crippen LogP contribution is -2.26. The second-order valence-corrected chi connectivity index (χ2v) is 5.76. The van der Waals surface area contributed by atoms with Gasteiger partial charge in [-0.1, -0.05) is 6.92 Å². The monoisotopic (exact) mass is 377 g/mol. The minimum Gasteiger partial charge on any atom is -0.493 e. The fourth-order valence-corrected chi connectivity index (χ4v) is 2.69. The Morgan fingerprint density at radius 1 is 1.11 bits per heavy atom. The highest BCUT2D eigenvalue weighted by molar-refractivity contribution is 5.96. The summed E-state index contributed by atoms with van der Waals surface area (Å²) in [5.41, 5.74) is 0.710. The zero-order chi connectivity index (χ0) is 20.1. The van der Waals surface area contributed by atoms with E-state index in [1.165, 1.54) is 27.4 Å². The van der Waals surface area contributed by atoms with E-state index in [0.29, 0.717) is 23.7 Å². The molecule has 146 valence electrons. The number of amides is 1. The van der Waals surface area contributed by atoms with Crippen molar-refractivity contribution in [1.82, 2.24) is 5.32 Å². The molecule has 8 heteroatoms. The molecular formula is C19H23NO7. The van der Waals surface area contributed by atoms with Crippen LogP contribution in [0.3, 0.4) is 0 Å². The maximum atomic E-state index is 12.5. The van der Waals surface area contributed by atoms with E-state index in [0.717, 1.165) is 5.56 Å². The number of hydrogen-bond donors (Lipinski definition) is 2. The molecule has 1 aromatic carbocycles. The fourth-order valence-electron chi connectivity index (χ4n) is 2.69. The quantitative estimate of drug-likeness (QED) is 0.728. The van der Waals surface area contributed by atoms with Crippen LogP contribution in [0.5, 0.6) is 17.2 Å². The van der Waals surface area contributed by atoms with Crippen LogP contribution in [-0.4, -0.2) is 38.3 Å². The van der Waals surface area contributed by atoms with Crippen LogP contribution in [0, 0.1) is 0 Å². The third kappa shape index (κ3) is 4.16. The molecule has 0 aliphatic carbocycles. The molecule has 1 aromatic heterocycles. The van der Waals surface area contributed by atoms with E-state index >= 15 is 0 Å². The lowest BCUT2D eigenvalue weighted by atomic mass is 10.1. The van der Waals surface area contributed by atoms with E-state index < -0.39 is 17.9 Å². The summed E-state index contributed by atoms with van der Waals surface area (Å²) < 4.78 is 21.3. The highest BCUT2D eigenvalue weighted by atomic mass is 16.5. The summed E-state index contributed by atoms with van der Waals surface area (Å²) >= 11 is 0. The van der Waals surface area contributed by atoms with Gasteiger partial charge in [-0.15, -0.1) is 0 Å². The van der Waals surface area contributed by atoms with Crippen LogP contribution < -0.4 is 19.5 Å². The Kier molecular flexibility index (Phi) is 6.33. The first-order chi connectivity index (χ1) is 12.9. The number of benzene rings is 1. The summed E-state index contributed by atoms with van der Waals surface area (Å²) in [4.78, 5) is 23.7. The van der Waals surface area contributed by atoms with Gasteiger partial charge in [0.25, 0.3) is 5.91 Å². The Morgan fingerprint density at radius 2 is 1.70 bits per heavy atom. The van der Waals surface area contributed by atoms with Gasteiger partial charge in [0.1, 0.15) is 11.3 Å². The first-order valence-electron chi connectivity index (χ1n) is 8.32. The van der Waals surface area contributed by atoms with Gasteiger partial charge in [-0.25, -0.2) is 4.79 Å². The molecule has 2 rings (SSSR count). The van der Waals surface area contributed by atoms with Crippen LogP contribution in [0.15, 0.2) is 22.6 Å². The molecule has 8 nitrogen and oxygen atoms in total. The molecule has 0 aliphatic rings. The van der Waals surface area contributed by atoms with Gasteiger partial charge in [-0.2, -0.15) is 0 Å². The maximum absolute atomic E-state index is 12.5. The van der Waals surface area contributed by atoms with Crippen molar-refractivity contribution in [2.75, 3.05) is 21.3 Å². The van der Waals surface area contributed by atoms with E-state index in [1.807, 2.05) is 0 Å². The molecule has 1 heterocycles. The van der Waals surface area contributed by atoms with Crippen LogP contribution in [0.2, 0.25) is 0 Å². The van der Waals surface area contributed by atoms with Gasteiger partial charge in [0, 0.05) is 12.5 Å². The number of carboxylic acids is 1. The molecule has 0 radical (unpaired) electrons. The third-order valence-electron chi connectivity index (χ3n) is 4.12. The molecule has 0 bridgehead atoms. The molecular weight excluding hydrogens is 354 g/mol. The molecule has 1 unspecified atom stereocenters. The van der Waals surface area contributed by atoms with E-state index in [1.54, 1.807) is 26.0 Å². The predicted octanol–water partition coefficient (Wildman–Crippen LogP) is 3.06. The second-order valence-electron chi connectivity index (χ2n) is 5.76. The number of furan rings is 1. The highest BCUT2D eigenvalue weighted by Gasteiger charge is 2.22. The summed E-state index contributed by atoms with van der Waals surface area (Å²) in [6.45, 7) is 3.53. The number of nitrogens with one attached hydrogen (secondary N) is 1. The van der Waals surface area contributed by atoms with Gasteiger partial charge in [-0.3, -0.25) is 4.79 Å². The Hall–Kier alpha value is -3.16. The van der Waals surface area contributed by atoms with Gasteiger partial charge in [-0.05, 0) is 24.6 Å². The van der Waals surface area contributed by atoms with E-state index in [-0.39, 0.29) is 17.1 Å². The smallest absolute Gasteiger partial charge is 0.339 e. The first kappa shape index (κ1) is 20.2. The number of methoxy groups -OCH3 is 3. The minimum atomic E-state index is -1.13. The number of aryl methyl sites for hydroxylation is 1. The van der Waals surface area contributed by atoms with Crippen LogP contribution in [0.1, 0.15) is 52.1 Å². The third-order valence-corrected chi connectivity index (χ3v) is 4.12. The summed E-state index contributed by atoms with van der Waals surface area (Å²) in [5.74, 6) is -0.0610. The number of carbonyl (C=O) groups excluding carboxylic acids is 1. The molecule has 27 heavy (non-hydrogen) atoms. The van der Waals surface area contributed by atoms with Crippen LogP contribution in [0.4, 0.5) is 0 Å². The first-order valence-corrected chi connectivity index (χ1v) is 8.32. The van der Waals surface area contributed by atoms with Crippen molar-refractivity contribution < 1.29 is 33.3 Å². The highest BCUT2D eigenvalue weighted by Crippen LogP contribution is 2.39. The van der Waals surface area contributed by atoms with Crippen molar-refractivity contribution in [3.05, 3.63) is 40.8 Å². The van der Waals surface area contributed by atoms with E-state index in [4.69, 9.17) is 18.6 Å². The average molecular weight is 377 g/mol. The van der Waals surface area contributed by atoms with Crippen molar-refractivity contribution in [2.24, 2.45) is 0 Å². The molecule has 0 spiro atoms. The van der Waals surface area contributed by atoms with Crippen molar-refractivity contribution >= 4 is 11.9 Å². The Bertz CT molecular complexity index is 816. The molecule has 2 aromatic rings. The van der Waals surface area contributed by atoms with E-state index in [2.05, 4.69) is 5.32 Å². The van der Waals surface area contributed by atoms with Crippen molar-refractivity contribution in [2.45, 2.75) is 26.3 Å². The Labute approximate surface area is 157 Å². The van der Waals surface area contributed by atoms with Crippen LogP contribution in [0.25, 0.3) is 0 Å². The fraction of sp³-hybridized carbons (Fsp3) is 0.368.